The molecule has 1 aromatic rings. The monoisotopic (exact) mass is 254 g/mol. The van der Waals surface area contributed by atoms with Crippen molar-refractivity contribution in [3.63, 3.8) is 0 Å². The molecule has 0 N–H and O–H groups in total. The molecular formula is C10H11BrN2O. The Labute approximate surface area is 91.6 Å². The van der Waals surface area contributed by atoms with Crippen molar-refractivity contribution in [1.82, 2.24) is 0 Å². The van der Waals surface area contributed by atoms with E-state index in [1.165, 1.54) is 0 Å². The molecule has 0 saturated carbocycles. The van der Waals surface area contributed by atoms with Gasteiger partial charge in [0.15, 0.2) is 0 Å². The van der Waals surface area contributed by atoms with Crippen LogP contribution in [0.4, 0.5) is 5.69 Å². The SMILES string of the molecule is CN(C)c1cccc(Br)c1CN=C=O. The predicted molar refractivity (Wildman–Crippen MR) is 60.3 cm³/mol. The molecule has 0 fully saturated rings. The van der Waals surface area contributed by atoms with Gasteiger partial charge in [-0.1, -0.05) is 22.0 Å². The summed E-state index contributed by atoms with van der Waals surface area (Å²) in [4.78, 5) is 15.6. The highest BCUT2D eigenvalue weighted by atomic mass is 79.9. The second kappa shape index (κ2) is 4.94. The smallest absolute Gasteiger partial charge is 0.235 e. The second-order valence-electron chi connectivity index (χ2n) is 3.04. The Balaban J connectivity index is 3.14. The fraction of sp³-hybridized carbons (Fsp3) is 0.300. The summed E-state index contributed by atoms with van der Waals surface area (Å²) < 4.78 is 0.961. The lowest BCUT2D eigenvalue weighted by atomic mass is 10.1. The Kier molecular flexibility index (Phi) is 3.86. The molecule has 3 nitrogen and oxygen atoms in total. The van der Waals surface area contributed by atoms with Crippen LogP contribution in [0.3, 0.4) is 0 Å². The summed E-state index contributed by atoms with van der Waals surface area (Å²) in [6, 6.07) is 5.87. The summed E-state index contributed by atoms with van der Waals surface area (Å²) >= 11 is 3.43. The fourth-order valence-electron chi connectivity index (χ4n) is 1.23. The third-order valence-corrected chi connectivity index (χ3v) is 2.62. The van der Waals surface area contributed by atoms with Crippen LogP contribution in [0, 0.1) is 0 Å². The highest BCUT2D eigenvalue weighted by Gasteiger charge is 2.06. The van der Waals surface area contributed by atoms with Gasteiger partial charge in [0.1, 0.15) is 0 Å². The Morgan fingerprint density at radius 2 is 2.21 bits per heavy atom. The van der Waals surface area contributed by atoms with Gasteiger partial charge in [0, 0.05) is 29.8 Å². The van der Waals surface area contributed by atoms with Gasteiger partial charge in [0.05, 0.1) is 6.54 Å². The van der Waals surface area contributed by atoms with Crippen molar-refractivity contribution in [2.75, 3.05) is 19.0 Å². The van der Waals surface area contributed by atoms with Crippen LogP contribution < -0.4 is 4.90 Å². The number of benzene rings is 1. The molecule has 0 aliphatic heterocycles. The van der Waals surface area contributed by atoms with Crippen molar-refractivity contribution in [3.8, 4) is 0 Å². The van der Waals surface area contributed by atoms with Crippen LogP contribution in [0.15, 0.2) is 27.7 Å². The Morgan fingerprint density at radius 1 is 1.50 bits per heavy atom. The van der Waals surface area contributed by atoms with Crippen LogP contribution in [0.2, 0.25) is 0 Å². The molecule has 74 valence electrons. The van der Waals surface area contributed by atoms with Gasteiger partial charge in [-0.25, -0.2) is 9.79 Å². The first-order chi connectivity index (χ1) is 6.66. The molecule has 0 heterocycles. The molecular weight excluding hydrogens is 244 g/mol. The number of carbonyl (C=O) groups excluding carboxylic acids is 1. The minimum Gasteiger partial charge on any atom is -0.377 e. The number of nitrogens with zero attached hydrogens (tertiary/aromatic N) is 2. The van der Waals surface area contributed by atoms with Gasteiger partial charge in [-0.15, -0.1) is 0 Å². The highest BCUT2D eigenvalue weighted by molar-refractivity contribution is 9.10. The summed E-state index contributed by atoms with van der Waals surface area (Å²) in [6.45, 7) is 0.360. The van der Waals surface area contributed by atoms with E-state index < -0.39 is 0 Å². The number of hydrogen-bond donors (Lipinski definition) is 0. The second-order valence-corrected chi connectivity index (χ2v) is 3.89. The number of aliphatic imine (C=N–C) groups is 1. The molecule has 0 spiro atoms. The largest absolute Gasteiger partial charge is 0.377 e. The van der Waals surface area contributed by atoms with Gasteiger partial charge < -0.3 is 4.90 Å². The van der Waals surface area contributed by atoms with E-state index in [1.807, 2.05) is 37.2 Å². The summed E-state index contributed by atoms with van der Waals surface area (Å²) in [7, 11) is 3.91. The maximum absolute atomic E-state index is 10.1. The van der Waals surface area contributed by atoms with Gasteiger partial charge in [0.2, 0.25) is 6.08 Å². The molecule has 4 heteroatoms. The maximum atomic E-state index is 10.1. The van der Waals surface area contributed by atoms with Gasteiger partial charge in [-0.2, -0.15) is 0 Å². The molecule has 0 aliphatic carbocycles. The van der Waals surface area contributed by atoms with Crippen molar-refractivity contribution in [2.45, 2.75) is 6.54 Å². The van der Waals surface area contributed by atoms with E-state index in [4.69, 9.17) is 0 Å². The average molecular weight is 255 g/mol. The van der Waals surface area contributed by atoms with Crippen molar-refractivity contribution in [3.05, 3.63) is 28.2 Å². The molecule has 1 rings (SSSR count). The molecule has 0 saturated heterocycles. The van der Waals surface area contributed by atoms with E-state index in [2.05, 4.69) is 20.9 Å². The van der Waals surface area contributed by atoms with Gasteiger partial charge >= 0.3 is 0 Å². The van der Waals surface area contributed by atoms with Crippen LogP contribution >= 0.6 is 15.9 Å². The molecule has 0 unspecified atom stereocenters. The van der Waals surface area contributed by atoms with Crippen LogP contribution in [-0.2, 0) is 11.3 Å². The Morgan fingerprint density at radius 3 is 2.79 bits per heavy atom. The first-order valence-electron chi connectivity index (χ1n) is 4.15. The lowest BCUT2D eigenvalue weighted by Crippen LogP contribution is -2.11. The molecule has 14 heavy (non-hydrogen) atoms. The Bertz CT molecular complexity index is 370. The molecule has 0 atom stereocenters. The summed E-state index contributed by atoms with van der Waals surface area (Å²) in [5.74, 6) is 0. The zero-order valence-corrected chi connectivity index (χ0v) is 9.71. The molecule has 0 aromatic heterocycles. The van der Waals surface area contributed by atoms with E-state index in [-0.39, 0.29) is 0 Å². The van der Waals surface area contributed by atoms with Crippen LogP contribution in [-0.4, -0.2) is 20.2 Å². The van der Waals surface area contributed by atoms with Gasteiger partial charge in [-0.05, 0) is 12.1 Å². The minimum atomic E-state index is 0.360. The van der Waals surface area contributed by atoms with Crippen LogP contribution in [0.1, 0.15) is 5.56 Å². The maximum Gasteiger partial charge on any atom is 0.235 e. The minimum absolute atomic E-state index is 0.360. The standard InChI is InChI=1S/C10H11BrN2O/c1-13(2)10-5-3-4-9(11)8(10)6-12-7-14/h3-5H,6H2,1-2H3. The molecule has 0 bridgehead atoms. The first-order valence-corrected chi connectivity index (χ1v) is 4.94. The fourth-order valence-corrected chi connectivity index (χ4v) is 1.72. The van der Waals surface area contributed by atoms with Gasteiger partial charge in [-0.3, -0.25) is 0 Å². The van der Waals surface area contributed by atoms with E-state index >= 15 is 0 Å². The van der Waals surface area contributed by atoms with Crippen molar-refractivity contribution >= 4 is 27.7 Å². The molecule has 1 aromatic carbocycles. The third kappa shape index (κ3) is 2.44. The number of rotatable bonds is 3. The third-order valence-electron chi connectivity index (χ3n) is 1.88. The summed E-state index contributed by atoms with van der Waals surface area (Å²) in [5.41, 5.74) is 2.05. The van der Waals surface area contributed by atoms with E-state index in [0.717, 1.165) is 15.7 Å². The van der Waals surface area contributed by atoms with E-state index in [1.54, 1.807) is 6.08 Å². The molecule has 0 radical (unpaired) electrons. The normalized spacial score (nSPS) is 9.36. The number of isocyanates is 1. The quantitative estimate of drug-likeness (QED) is 0.613. The topological polar surface area (TPSA) is 32.7 Å². The predicted octanol–water partition coefficient (Wildman–Crippen LogP) is 2.35. The number of halogens is 1. The van der Waals surface area contributed by atoms with Gasteiger partial charge in [0.25, 0.3) is 0 Å². The van der Waals surface area contributed by atoms with Crippen LogP contribution in [0.5, 0.6) is 0 Å². The average Bonchev–Trinajstić information content (AvgIpc) is 2.15. The van der Waals surface area contributed by atoms with E-state index in [9.17, 15) is 4.79 Å². The zero-order valence-electron chi connectivity index (χ0n) is 8.12. The van der Waals surface area contributed by atoms with E-state index in [0.29, 0.717) is 6.54 Å². The first kappa shape index (κ1) is 11.0. The Hall–Kier alpha value is -1.12. The van der Waals surface area contributed by atoms with Crippen molar-refractivity contribution in [2.24, 2.45) is 4.99 Å². The highest BCUT2D eigenvalue weighted by Crippen LogP contribution is 2.27. The van der Waals surface area contributed by atoms with Crippen molar-refractivity contribution in [1.29, 1.82) is 0 Å². The molecule has 0 amide bonds. The number of hydrogen-bond acceptors (Lipinski definition) is 3. The van der Waals surface area contributed by atoms with Crippen molar-refractivity contribution < 1.29 is 4.79 Å². The summed E-state index contributed by atoms with van der Waals surface area (Å²) in [6.07, 6.45) is 1.55. The zero-order chi connectivity index (χ0) is 10.6. The van der Waals surface area contributed by atoms with Crippen LogP contribution in [0.25, 0.3) is 0 Å². The summed E-state index contributed by atoms with van der Waals surface area (Å²) in [5, 5.41) is 0. The lowest BCUT2D eigenvalue weighted by Gasteiger charge is -2.17. The number of anilines is 1. The lowest BCUT2D eigenvalue weighted by molar-refractivity contribution is 0.562. The molecule has 0 aliphatic rings.